The largest absolute Gasteiger partial charge is 0.416 e. The van der Waals surface area contributed by atoms with Crippen LogP contribution in [0.2, 0.25) is 0 Å². The molecule has 1 aliphatic rings. The first-order valence-corrected chi connectivity index (χ1v) is 9.58. The van der Waals surface area contributed by atoms with Crippen molar-refractivity contribution in [2.45, 2.75) is 25.8 Å². The minimum atomic E-state index is -4.46. The number of rotatable bonds is 2. The Kier molecular flexibility index (Phi) is 5.34. The number of carbonyl (C=O) groups is 1. The molecule has 1 aliphatic heterocycles. The van der Waals surface area contributed by atoms with Crippen LogP contribution < -0.4 is 10.6 Å². The molecule has 32 heavy (non-hydrogen) atoms. The van der Waals surface area contributed by atoms with E-state index in [-0.39, 0.29) is 29.7 Å². The molecule has 2 aromatic heterocycles. The molecule has 0 spiro atoms. The third-order valence-electron chi connectivity index (χ3n) is 5.10. The number of pyridine rings is 1. The van der Waals surface area contributed by atoms with Gasteiger partial charge in [0.05, 0.1) is 23.4 Å². The Morgan fingerprint density at radius 2 is 1.91 bits per heavy atom. The number of aromatic nitrogens is 3. The number of amides is 1. The minimum absolute atomic E-state index is 0.0807. The zero-order chi connectivity index (χ0) is 23.0. The van der Waals surface area contributed by atoms with E-state index in [1.807, 2.05) is 6.92 Å². The van der Waals surface area contributed by atoms with Crippen molar-refractivity contribution < 1.29 is 22.4 Å². The number of nitrogens with zero attached hydrogens (tertiary/aromatic N) is 4. The number of nitrogen functional groups attached to an aromatic ring is 1. The first-order valence-electron chi connectivity index (χ1n) is 9.58. The van der Waals surface area contributed by atoms with Gasteiger partial charge in [-0.05, 0) is 37.3 Å². The molecule has 4 rings (SSSR count). The van der Waals surface area contributed by atoms with Crippen molar-refractivity contribution >= 4 is 17.4 Å². The third-order valence-corrected chi connectivity index (χ3v) is 5.10. The summed E-state index contributed by atoms with van der Waals surface area (Å²) in [5.41, 5.74) is 6.35. The molecular weight excluding hydrogens is 426 g/mol. The van der Waals surface area contributed by atoms with Gasteiger partial charge in [-0.3, -0.25) is 9.48 Å². The lowest BCUT2D eigenvalue weighted by Crippen LogP contribution is -2.43. The maximum absolute atomic E-state index is 13.2. The number of nitrogens with two attached hydrogens (primary N) is 1. The fourth-order valence-electron chi connectivity index (χ4n) is 3.44. The average Bonchev–Trinajstić information content (AvgIpc) is 3.20. The molecule has 1 aromatic carbocycles. The Morgan fingerprint density at radius 3 is 2.56 bits per heavy atom. The lowest BCUT2D eigenvalue weighted by atomic mass is 10.1. The van der Waals surface area contributed by atoms with E-state index in [4.69, 9.17) is 5.73 Å². The van der Waals surface area contributed by atoms with Crippen LogP contribution in [0, 0.1) is 11.8 Å². The van der Waals surface area contributed by atoms with Crippen LogP contribution in [-0.2, 0) is 12.9 Å². The molecule has 0 saturated carbocycles. The van der Waals surface area contributed by atoms with Gasteiger partial charge < -0.3 is 10.6 Å². The summed E-state index contributed by atoms with van der Waals surface area (Å²) in [5, 5.41) is 4.25. The smallest absolute Gasteiger partial charge is 0.383 e. The standard InChI is InChI=1S/C22H17F4N5O/c1-13-12-30(18-6-4-17(5-7-18)22(24,25)26)21(32)19-15(11-29-31(13)19)3-2-14-8-16(9-23)20(27)28-10-14/h4-8,10-11,13H,9,12H2,1H3,(H2,27,28)/t13-/m0/s1. The molecule has 0 bridgehead atoms. The number of anilines is 2. The quantitative estimate of drug-likeness (QED) is 0.480. The number of fused-ring (bicyclic) bond motifs is 1. The van der Waals surface area contributed by atoms with Gasteiger partial charge in [-0.15, -0.1) is 0 Å². The number of benzene rings is 1. The summed E-state index contributed by atoms with van der Waals surface area (Å²) < 4.78 is 53.1. The highest BCUT2D eigenvalue weighted by Crippen LogP contribution is 2.32. The van der Waals surface area contributed by atoms with Gasteiger partial charge in [0.1, 0.15) is 18.2 Å². The maximum atomic E-state index is 13.2. The molecule has 0 unspecified atom stereocenters. The fourth-order valence-corrected chi connectivity index (χ4v) is 3.44. The Bertz CT molecular complexity index is 1240. The van der Waals surface area contributed by atoms with Crippen molar-refractivity contribution in [3.8, 4) is 11.8 Å². The first kappa shape index (κ1) is 21.4. The van der Waals surface area contributed by atoms with Crippen LogP contribution >= 0.6 is 0 Å². The van der Waals surface area contributed by atoms with Gasteiger partial charge >= 0.3 is 6.18 Å². The van der Waals surface area contributed by atoms with E-state index in [9.17, 15) is 22.4 Å². The van der Waals surface area contributed by atoms with E-state index in [0.717, 1.165) is 12.1 Å². The van der Waals surface area contributed by atoms with Crippen molar-refractivity contribution in [3.63, 3.8) is 0 Å². The zero-order valence-corrected chi connectivity index (χ0v) is 16.8. The molecule has 0 saturated heterocycles. The SMILES string of the molecule is C[C@H]1CN(c2ccc(C(F)(F)F)cc2)C(=O)c2c(C#Cc3cnc(N)c(CF)c3)cnn21. The van der Waals surface area contributed by atoms with Gasteiger partial charge in [-0.1, -0.05) is 11.8 Å². The van der Waals surface area contributed by atoms with E-state index in [0.29, 0.717) is 16.8 Å². The van der Waals surface area contributed by atoms with Crippen molar-refractivity contribution in [2.24, 2.45) is 0 Å². The lowest BCUT2D eigenvalue weighted by molar-refractivity contribution is -0.137. The summed E-state index contributed by atoms with van der Waals surface area (Å²) >= 11 is 0. The summed E-state index contributed by atoms with van der Waals surface area (Å²) in [6, 6.07) is 5.67. The van der Waals surface area contributed by atoms with Crippen LogP contribution in [0.3, 0.4) is 0 Å². The van der Waals surface area contributed by atoms with Gasteiger partial charge in [0.2, 0.25) is 0 Å². The maximum Gasteiger partial charge on any atom is 0.416 e. The number of hydrogen-bond acceptors (Lipinski definition) is 4. The van der Waals surface area contributed by atoms with Crippen LogP contribution in [-0.4, -0.2) is 27.2 Å². The number of alkyl halides is 4. The second-order valence-corrected chi connectivity index (χ2v) is 7.31. The van der Waals surface area contributed by atoms with E-state index >= 15 is 0 Å². The normalized spacial score (nSPS) is 15.8. The highest BCUT2D eigenvalue weighted by molar-refractivity contribution is 6.07. The highest BCUT2D eigenvalue weighted by Gasteiger charge is 2.34. The summed E-state index contributed by atoms with van der Waals surface area (Å²) in [7, 11) is 0. The summed E-state index contributed by atoms with van der Waals surface area (Å²) in [6.45, 7) is 1.30. The Hall–Kier alpha value is -3.87. The van der Waals surface area contributed by atoms with E-state index in [1.54, 1.807) is 4.68 Å². The molecule has 3 aromatic rings. The highest BCUT2D eigenvalue weighted by atomic mass is 19.4. The Morgan fingerprint density at radius 1 is 1.19 bits per heavy atom. The zero-order valence-electron chi connectivity index (χ0n) is 16.8. The molecule has 1 atom stereocenters. The summed E-state index contributed by atoms with van der Waals surface area (Å²) in [4.78, 5) is 18.5. The molecular formula is C22H17F4N5O. The van der Waals surface area contributed by atoms with Crippen LogP contribution in [0.5, 0.6) is 0 Å². The predicted octanol–water partition coefficient (Wildman–Crippen LogP) is 3.97. The van der Waals surface area contributed by atoms with E-state index < -0.39 is 24.3 Å². The molecule has 3 heterocycles. The molecule has 1 amide bonds. The summed E-state index contributed by atoms with van der Waals surface area (Å²) in [6.07, 6.45) is -1.61. The van der Waals surface area contributed by atoms with Crippen LogP contribution in [0.1, 0.15) is 45.7 Å². The predicted molar refractivity (Wildman–Crippen MR) is 109 cm³/mol. The number of halogens is 4. The second-order valence-electron chi connectivity index (χ2n) is 7.31. The minimum Gasteiger partial charge on any atom is -0.383 e. The van der Waals surface area contributed by atoms with Crippen molar-refractivity contribution in [1.29, 1.82) is 0 Å². The Balaban J connectivity index is 1.67. The topological polar surface area (TPSA) is 77.0 Å². The van der Waals surface area contributed by atoms with Crippen molar-refractivity contribution in [2.75, 3.05) is 17.2 Å². The van der Waals surface area contributed by atoms with E-state index in [2.05, 4.69) is 21.9 Å². The molecule has 164 valence electrons. The molecule has 10 heteroatoms. The number of carbonyl (C=O) groups excluding carboxylic acids is 1. The van der Waals surface area contributed by atoms with Gasteiger partial charge in [0, 0.05) is 29.6 Å². The second kappa shape index (κ2) is 8.00. The molecule has 0 radical (unpaired) electrons. The van der Waals surface area contributed by atoms with Crippen molar-refractivity contribution in [1.82, 2.24) is 14.8 Å². The van der Waals surface area contributed by atoms with Gasteiger partial charge in [0.15, 0.2) is 0 Å². The van der Waals surface area contributed by atoms with E-state index in [1.165, 1.54) is 35.5 Å². The fraction of sp³-hybridized carbons (Fsp3) is 0.227. The average molecular weight is 443 g/mol. The molecule has 6 nitrogen and oxygen atoms in total. The third kappa shape index (κ3) is 3.89. The summed E-state index contributed by atoms with van der Waals surface area (Å²) in [5.74, 6) is 5.34. The van der Waals surface area contributed by atoms with Crippen molar-refractivity contribution in [3.05, 3.63) is 70.7 Å². The Labute approximate surface area is 180 Å². The van der Waals surface area contributed by atoms with Crippen LogP contribution in [0.15, 0.2) is 42.7 Å². The number of hydrogen-bond donors (Lipinski definition) is 1. The monoisotopic (exact) mass is 443 g/mol. The van der Waals surface area contributed by atoms with Gasteiger partial charge in [-0.25, -0.2) is 9.37 Å². The van der Waals surface area contributed by atoms with Gasteiger partial charge in [-0.2, -0.15) is 18.3 Å². The first-order chi connectivity index (χ1) is 15.2. The molecule has 0 aliphatic carbocycles. The van der Waals surface area contributed by atoms with Crippen LogP contribution in [0.25, 0.3) is 0 Å². The van der Waals surface area contributed by atoms with Crippen LogP contribution in [0.4, 0.5) is 29.1 Å². The molecule has 2 N–H and O–H groups in total. The lowest BCUT2D eigenvalue weighted by Gasteiger charge is -2.32. The molecule has 0 fully saturated rings. The van der Waals surface area contributed by atoms with Gasteiger partial charge in [0.25, 0.3) is 5.91 Å².